The molecule has 0 saturated carbocycles. The normalized spacial score (nSPS) is 15.0. The standard InChI is InChI=1S/C22H20N4O4S/c27-19(13-31-22-24-17-7-3-4-8-18(17)30-22)25-11-9-14(10-12-25)26-20(28)15-5-1-2-6-16(15)23-21(26)29/h1-8,14H,9-13H2,(H,23,29). The number of likely N-dealkylation sites (tertiary alicyclic amines) is 1. The molecule has 0 unspecified atom stereocenters. The highest BCUT2D eigenvalue weighted by Crippen LogP contribution is 2.25. The minimum absolute atomic E-state index is 0.00882. The second kappa shape index (κ2) is 8.07. The highest BCUT2D eigenvalue weighted by Gasteiger charge is 2.26. The number of piperidine rings is 1. The molecule has 3 heterocycles. The van der Waals surface area contributed by atoms with E-state index in [4.69, 9.17) is 4.42 Å². The molecular weight excluding hydrogens is 416 g/mol. The van der Waals surface area contributed by atoms with Gasteiger partial charge in [0.2, 0.25) is 5.91 Å². The van der Waals surface area contributed by atoms with Crippen molar-refractivity contribution in [2.75, 3.05) is 18.8 Å². The molecule has 1 amide bonds. The SMILES string of the molecule is O=C(CSc1nc2ccccc2o1)N1CCC(n2c(=O)[nH]c3ccccc3c2=O)CC1. The van der Waals surface area contributed by atoms with Crippen LogP contribution in [-0.2, 0) is 4.79 Å². The molecule has 1 saturated heterocycles. The molecule has 0 aliphatic carbocycles. The zero-order valence-corrected chi connectivity index (χ0v) is 17.4. The Bertz CT molecular complexity index is 1350. The number of thioether (sulfide) groups is 1. The number of amides is 1. The quantitative estimate of drug-likeness (QED) is 0.494. The zero-order valence-electron chi connectivity index (χ0n) is 16.6. The summed E-state index contributed by atoms with van der Waals surface area (Å²) < 4.78 is 6.95. The fourth-order valence-corrected chi connectivity index (χ4v) is 4.75. The molecule has 0 radical (unpaired) electrons. The first-order valence-electron chi connectivity index (χ1n) is 10.1. The average molecular weight is 436 g/mol. The van der Waals surface area contributed by atoms with Crippen LogP contribution in [0.15, 0.2) is 67.8 Å². The summed E-state index contributed by atoms with van der Waals surface area (Å²) in [6.45, 7) is 0.993. The molecule has 158 valence electrons. The third-order valence-electron chi connectivity index (χ3n) is 5.61. The second-order valence-electron chi connectivity index (χ2n) is 7.50. The topological polar surface area (TPSA) is 101 Å². The Labute approximate surface area is 180 Å². The minimum Gasteiger partial charge on any atom is -0.431 e. The fourth-order valence-electron chi connectivity index (χ4n) is 4.01. The summed E-state index contributed by atoms with van der Waals surface area (Å²) in [5.41, 5.74) is 1.32. The van der Waals surface area contributed by atoms with Gasteiger partial charge in [-0.2, -0.15) is 0 Å². The number of aromatic nitrogens is 3. The maximum absolute atomic E-state index is 12.8. The Kier molecular flexibility index (Phi) is 5.11. The van der Waals surface area contributed by atoms with Crippen molar-refractivity contribution < 1.29 is 9.21 Å². The highest BCUT2D eigenvalue weighted by atomic mass is 32.2. The molecule has 31 heavy (non-hydrogen) atoms. The number of H-pyrrole nitrogens is 1. The molecule has 1 aliphatic rings. The number of nitrogens with zero attached hydrogens (tertiary/aromatic N) is 3. The maximum atomic E-state index is 12.8. The Hall–Kier alpha value is -3.33. The third kappa shape index (κ3) is 3.76. The number of carbonyl (C=O) groups is 1. The van der Waals surface area contributed by atoms with Crippen LogP contribution in [0.1, 0.15) is 18.9 Å². The van der Waals surface area contributed by atoms with Gasteiger partial charge in [0.15, 0.2) is 5.58 Å². The van der Waals surface area contributed by atoms with Gasteiger partial charge in [0.05, 0.1) is 16.7 Å². The Morgan fingerprint density at radius 1 is 1.10 bits per heavy atom. The van der Waals surface area contributed by atoms with Gasteiger partial charge in [-0.1, -0.05) is 36.0 Å². The Balaban J connectivity index is 1.24. The predicted octanol–water partition coefficient (Wildman–Crippen LogP) is 2.79. The number of benzene rings is 2. The molecule has 1 N–H and O–H groups in total. The molecular formula is C22H20N4O4S. The van der Waals surface area contributed by atoms with Crippen LogP contribution < -0.4 is 11.2 Å². The third-order valence-corrected chi connectivity index (χ3v) is 6.43. The number of oxazole rings is 1. The summed E-state index contributed by atoms with van der Waals surface area (Å²) in [7, 11) is 0. The lowest BCUT2D eigenvalue weighted by Crippen LogP contribution is -2.45. The van der Waals surface area contributed by atoms with Gasteiger partial charge in [0.1, 0.15) is 5.52 Å². The number of hydrogen-bond donors (Lipinski definition) is 1. The first-order chi connectivity index (χ1) is 15.1. The van der Waals surface area contributed by atoms with Gasteiger partial charge >= 0.3 is 5.69 Å². The van der Waals surface area contributed by atoms with Gasteiger partial charge in [-0.05, 0) is 37.1 Å². The van der Waals surface area contributed by atoms with Crippen LogP contribution in [0.5, 0.6) is 0 Å². The van der Waals surface area contributed by atoms with Gasteiger partial charge in [-0.3, -0.25) is 14.2 Å². The number of nitrogens with one attached hydrogen (secondary N) is 1. The van der Waals surface area contributed by atoms with Crippen LogP contribution in [-0.4, -0.2) is 44.2 Å². The molecule has 0 bridgehead atoms. The lowest BCUT2D eigenvalue weighted by molar-refractivity contribution is -0.129. The molecule has 2 aromatic carbocycles. The summed E-state index contributed by atoms with van der Waals surface area (Å²) in [6, 6.07) is 14.2. The lowest BCUT2D eigenvalue weighted by atomic mass is 10.0. The van der Waals surface area contributed by atoms with Gasteiger partial charge in [-0.15, -0.1) is 0 Å². The molecule has 2 aromatic heterocycles. The van der Waals surface area contributed by atoms with E-state index in [0.717, 1.165) is 5.52 Å². The summed E-state index contributed by atoms with van der Waals surface area (Å²) >= 11 is 1.27. The Morgan fingerprint density at radius 2 is 1.84 bits per heavy atom. The average Bonchev–Trinajstić information content (AvgIpc) is 3.21. The molecule has 4 aromatic rings. The maximum Gasteiger partial charge on any atom is 0.329 e. The molecule has 1 aliphatic heterocycles. The van der Waals surface area contributed by atoms with E-state index in [9.17, 15) is 14.4 Å². The largest absolute Gasteiger partial charge is 0.431 e. The number of para-hydroxylation sites is 3. The molecule has 8 nitrogen and oxygen atoms in total. The van der Waals surface area contributed by atoms with Gasteiger partial charge in [0.25, 0.3) is 10.8 Å². The van der Waals surface area contributed by atoms with Crippen molar-refractivity contribution in [2.24, 2.45) is 0 Å². The number of rotatable bonds is 4. The first kappa shape index (κ1) is 19.6. The van der Waals surface area contributed by atoms with Crippen LogP contribution in [0, 0.1) is 0 Å². The molecule has 0 atom stereocenters. The van der Waals surface area contributed by atoms with Crippen molar-refractivity contribution in [2.45, 2.75) is 24.1 Å². The second-order valence-corrected chi connectivity index (χ2v) is 8.43. The summed E-state index contributed by atoms with van der Waals surface area (Å²) in [5, 5.41) is 0.967. The molecule has 0 spiro atoms. The lowest BCUT2D eigenvalue weighted by Gasteiger charge is -2.32. The van der Waals surface area contributed by atoms with Gasteiger partial charge in [0, 0.05) is 19.1 Å². The van der Waals surface area contributed by atoms with E-state index in [2.05, 4.69) is 9.97 Å². The van der Waals surface area contributed by atoms with Crippen LogP contribution in [0.4, 0.5) is 0 Å². The van der Waals surface area contributed by atoms with Crippen LogP contribution in [0.2, 0.25) is 0 Å². The van der Waals surface area contributed by atoms with Crippen molar-refractivity contribution in [1.29, 1.82) is 0 Å². The van der Waals surface area contributed by atoms with Gasteiger partial charge < -0.3 is 14.3 Å². The van der Waals surface area contributed by atoms with Crippen LogP contribution in [0.25, 0.3) is 22.0 Å². The van der Waals surface area contributed by atoms with E-state index in [-0.39, 0.29) is 23.3 Å². The van der Waals surface area contributed by atoms with E-state index < -0.39 is 5.69 Å². The molecule has 1 fully saturated rings. The summed E-state index contributed by atoms with van der Waals surface area (Å²) in [5.74, 6) is 0.221. The Morgan fingerprint density at radius 3 is 2.65 bits per heavy atom. The van der Waals surface area contributed by atoms with E-state index >= 15 is 0 Å². The number of carbonyl (C=O) groups excluding carboxylic acids is 1. The van der Waals surface area contributed by atoms with Crippen molar-refractivity contribution in [1.82, 2.24) is 19.4 Å². The van der Waals surface area contributed by atoms with E-state index in [1.807, 2.05) is 24.3 Å². The minimum atomic E-state index is -0.403. The summed E-state index contributed by atoms with van der Waals surface area (Å²) in [6.07, 6.45) is 1.11. The van der Waals surface area contributed by atoms with E-state index in [1.165, 1.54) is 16.3 Å². The summed E-state index contributed by atoms with van der Waals surface area (Å²) in [4.78, 5) is 46.9. The van der Waals surface area contributed by atoms with Crippen molar-refractivity contribution in [3.63, 3.8) is 0 Å². The van der Waals surface area contributed by atoms with Crippen molar-refractivity contribution in [3.8, 4) is 0 Å². The number of aromatic amines is 1. The van der Waals surface area contributed by atoms with Crippen LogP contribution in [0.3, 0.4) is 0 Å². The van der Waals surface area contributed by atoms with Crippen molar-refractivity contribution >= 4 is 39.7 Å². The predicted molar refractivity (Wildman–Crippen MR) is 118 cm³/mol. The fraction of sp³-hybridized carbons (Fsp3) is 0.273. The van der Waals surface area contributed by atoms with Crippen LogP contribution >= 0.6 is 11.8 Å². The smallest absolute Gasteiger partial charge is 0.329 e. The first-order valence-corrected chi connectivity index (χ1v) is 11.1. The van der Waals surface area contributed by atoms with E-state index in [0.29, 0.717) is 47.6 Å². The number of fused-ring (bicyclic) bond motifs is 2. The molecule has 9 heteroatoms. The van der Waals surface area contributed by atoms with Crippen molar-refractivity contribution in [3.05, 3.63) is 69.4 Å². The van der Waals surface area contributed by atoms with Gasteiger partial charge in [-0.25, -0.2) is 9.78 Å². The van der Waals surface area contributed by atoms with E-state index in [1.54, 1.807) is 29.2 Å². The highest BCUT2D eigenvalue weighted by molar-refractivity contribution is 7.99. The monoisotopic (exact) mass is 436 g/mol. The zero-order chi connectivity index (χ0) is 21.4. The molecule has 5 rings (SSSR count). The number of hydrogen-bond acceptors (Lipinski definition) is 6.